The standard InChI is InChI=1S/C30H30N2O12/c1-17(33)41-24-10-6-21(14-26(24)43-19(3)35)8-12-28(37)31-16-23(30(39)40-5)32-29(38)13-9-22-7-11-25(42-18(2)34)27(15-22)44-20(4)36/h6-15,23H,16H2,1-5H3,(H,31,37)(H,32,38)/b12-8+,13-9+/t23-/m0/s1. The molecular weight excluding hydrogens is 580 g/mol. The third kappa shape index (κ3) is 12.0. The molecule has 232 valence electrons. The SMILES string of the molecule is COC(=O)[C@H](CNC(=O)/C=C/c1ccc(OC(C)=O)c(OC(C)=O)c1)NC(=O)/C=C/c1ccc(OC(C)=O)c(OC(C)=O)c1. The van der Waals surface area contributed by atoms with Crippen molar-refractivity contribution in [3.8, 4) is 23.0 Å². The lowest BCUT2D eigenvalue weighted by Gasteiger charge is -2.15. The van der Waals surface area contributed by atoms with E-state index in [4.69, 9.17) is 23.7 Å². The summed E-state index contributed by atoms with van der Waals surface area (Å²) in [5, 5.41) is 4.88. The molecule has 1 atom stereocenters. The molecule has 14 nitrogen and oxygen atoms in total. The highest BCUT2D eigenvalue weighted by atomic mass is 16.6. The van der Waals surface area contributed by atoms with E-state index in [1.165, 1.54) is 76.2 Å². The number of hydrogen-bond donors (Lipinski definition) is 2. The van der Waals surface area contributed by atoms with Gasteiger partial charge in [-0.15, -0.1) is 0 Å². The normalized spacial score (nSPS) is 11.3. The maximum Gasteiger partial charge on any atom is 0.330 e. The van der Waals surface area contributed by atoms with Crippen molar-refractivity contribution < 1.29 is 57.2 Å². The summed E-state index contributed by atoms with van der Waals surface area (Å²) in [5.41, 5.74) is 0.825. The predicted molar refractivity (Wildman–Crippen MR) is 153 cm³/mol. The number of amides is 2. The zero-order valence-corrected chi connectivity index (χ0v) is 24.5. The second-order valence-corrected chi connectivity index (χ2v) is 8.78. The molecule has 44 heavy (non-hydrogen) atoms. The minimum atomic E-state index is -1.25. The third-order valence-corrected chi connectivity index (χ3v) is 5.09. The van der Waals surface area contributed by atoms with Gasteiger partial charge in [-0.3, -0.25) is 28.8 Å². The van der Waals surface area contributed by atoms with Crippen LogP contribution in [0.4, 0.5) is 0 Å². The van der Waals surface area contributed by atoms with Gasteiger partial charge >= 0.3 is 29.8 Å². The summed E-state index contributed by atoms with van der Waals surface area (Å²) in [6.07, 6.45) is 4.96. The number of esters is 5. The quantitative estimate of drug-likeness (QED) is 0.202. The number of rotatable bonds is 12. The lowest BCUT2D eigenvalue weighted by Crippen LogP contribution is -2.48. The van der Waals surface area contributed by atoms with Crippen LogP contribution in [0.5, 0.6) is 23.0 Å². The second-order valence-electron chi connectivity index (χ2n) is 8.78. The summed E-state index contributed by atoms with van der Waals surface area (Å²) < 4.78 is 24.8. The van der Waals surface area contributed by atoms with E-state index < -0.39 is 47.7 Å². The Labute approximate surface area is 251 Å². The van der Waals surface area contributed by atoms with Crippen LogP contribution in [-0.2, 0) is 38.3 Å². The summed E-state index contributed by atoms with van der Waals surface area (Å²) in [5.74, 6) is -4.76. The number of methoxy groups -OCH3 is 1. The molecular formula is C30H30N2O12. The molecule has 0 bridgehead atoms. The summed E-state index contributed by atoms with van der Waals surface area (Å²) in [6.45, 7) is 4.38. The molecule has 2 aromatic rings. The average molecular weight is 611 g/mol. The van der Waals surface area contributed by atoms with Crippen molar-refractivity contribution in [1.82, 2.24) is 10.6 Å². The first-order chi connectivity index (χ1) is 20.8. The van der Waals surface area contributed by atoms with Crippen LogP contribution in [0, 0.1) is 0 Å². The highest BCUT2D eigenvalue weighted by Crippen LogP contribution is 2.30. The van der Waals surface area contributed by atoms with Crippen molar-refractivity contribution in [3.63, 3.8) is 0 Å². The van der Waals surface area contributed by atoms with Crippen molar-refractivity contribution in [2.45, 2.75) is 33.7 Å². The molecule has 0 radical (unpaired) electrons. The van der Waals surface area contributed by atoms with Crippen LogP contribution < -0.4 is 29.6 Å². The average Bonchev–Trinajstić information content (AvgIpc) is 2.93. The predicted octanol–water partition coefficient (Wildman–Crippen LogP) is 1.89. The highest BCUT2D eigenvalue weighted by Gasteiger charge is 2.21. The molecule has 2 N–H and O–H groups in total. The number of carbonyl (C=O) groups excluding carboxylic acids is 7. The largest absolute Gasteiger partial charge is 0.467 e. The Hall–Kier alpha value is -5.79. The van der Waals surface area contributed by atoms with Gasteiger partial charge in [0.2, 0.25) is 11.8 Å². The van der Waals surface area contributed by atoms with Crippen molar-refractivity contribution in [3.05, 3.63) is 59.7 Å². The smallest absolute Gasteiger partial charge is 0.330 e. The van der Waals surface area contributed by atoms with Gasteiger partial charge in [0, 0.05) is 46.4 Å². The monoisotopic (exact) mass is 610 g/mol. The van der Waals surface area contributed by atoms with Crippen LogP contribution in [-0.4, -0.2) is 61.4 Å². The molecule has 0 aliphatic heterocycles. The topological polar surface area (TPSA) is 190 Å². The summed E-state index contributed by atoms with van der Waals surface area (Å²) in [6, 6.07) is 7.27. The third-order valence-electron chi connectivity index (χ3n) is 5.09. The first-order valence-corrected chi connectivity index (χ1v) is 12.8. The zero-order chi connectivity index (χ0) is 32.8. The van der Waals surface area contributed by atoms with Crippen molar-refractivity contribution in [1.29, 1.82) is 0 Å². The van der Waals surface area contributed by atoms with Crippen molar-refractivity contribution >= 4 is 53.8 Å². The van der Waals surface area contributed by atoms with Gasteiger partial charge in [0.15, 0.2) is 23.0 Å². The Morgan fingerprint density at radius 2 is 1.05 bits per heavy atom. The molecule has 0 saturated heterocycles. The van der Waals surface area contributed by atoms with Crippen LogP contribution in [0.3, 0.4) is 0 Å². The van der Waals surface area contributed by atoms with E-state index in [1.54, 1.807) is 0 Å². The lowest BCUT2D eigenvalue weighted by atomic mass is 10.1. The number of hydrogen-bond acceptors (Lipinski definition) is 12. The van der Waals surface area contributed by atoms with Crippen LogP contribution in [0.1, 0.15) is 38.8 Å². The van der Waals surface area contributed by atoms with Gasteiger partial charge in [0.25, 0.3) is 0 Å². The Morgan fingerprint density at radius 3 is 1.45 bits per heavy atom. The van der Waals surface area contributed by atoms with E-state index in [1.807, 2.05) is 0 Å². The summed E-state index contributed by atoms with van der Waals surface area (Å²) in [4.78, 5) is 82.5. The molecule has 14 heteroatoms. The Bertz CT molecular complexity index is 1510. The summed E-state index contributed by atoms with van der Waals surface area (Å²) in [7, 11) is 1.11. The first-order valence-electron chi connectivity index (χ1n) is 12.8. The van der Waals surface area contributed by atoms with Gasteiger partial charge in [0.05, 0.1) is 7.11 Å². The fourth-order valence-corrected chi connectivity index (χ4v) is 3.36. The minimum absolute atomic E-state index is 0.00805. The lowest BCUT2D eigenvalue weighted by molar-refractivity contribution is -0.144. The van der Waals surface area contributed by atoms with E-state index in [0.29, 0.717) is 11.1 Å². The number of nitrogens with one attached hydrogen (secondary N) is 2. The molecule has 0 aliphatic rings. The molecule has 0 spiro atoms. The van der Waals surface area contributed by atoms with Gasteiger partial charge in [-0.2, -0.15) is 0 Å². The Morgan fingerprint density at radius 1 is 0.636 bits per heavy atom. The Balaban J connectivity index is 2.07. The van der Waals surface area contributed by atoms with Crippen LogP contribution in [0.2, 0.25) is 0 Å². The molecule has 0 aromatic heterocycles. The minimum Gasteiger partial charge on any atom is -0.467 e. The van der Waals surface area contributed by atoms with Gasteiger partial charge < -0.3 is 34.3 Å². The van der Waals surface area contributed by atoms with Gasteiger partial charge in [-0.05, 0) is 47.5 Å². The molecule has 2 rings (SSSR count). The fourth-order valence-electron chi connectivity index (χ4n) is 3.36. The first kappa shape index (κ1) is 34.4. The van der Waals surface area contributed by atoms with Gasteiger partial charge in [0.1, 0.15) is 6.04 Å². The Kier molecular flexibility index (Phi) is 13.0. The van der Waals surface area contributed by atoms with E-state index in [0.717, 1.165) is 19.3 Å². The van der Waals surface area contributed by atoms with E-state index in [-0.39, 0.29) is 29.5 Å². The number of ether oxygens (including phenoxy) is 5. The van der Waals surface area contributed by atoms with Crippen molar-refractivity contribution in [2.24, 2.45) is 0 Å². The zero-order valence-electron chi connectivity index (χ0n) is 24.5. The van der Waals surface area contributed by atoms with E-state index >= 15 is 0 Å². The fraction of sp³-hybridized carbons (Fsp3) is 0.233. The highest BCUT2D eigenvalue weighted by molar-refractivity contribution is 5.96. The molecule has 2 aromatic carbocycles. The van der Waals surface area contributed by atoms with Crippen LogP contribution in [0.25, 0.3) is 12.2 Å². The molecule has 2 amide bonds. The van der Waals surface area contributed by atoms with Crippen LogP contribution >= 0.6 is 0 Å². The van der Waals surface area contributed by atoms with Gasteiger partial charge in [-0.25, -0.2) is 4.79 Å². The molecule has 0 fully saturated rings. The maximum atomic E-state index is 12.5. The molecule has 0 unspecified atom stereocenters. The second kappa shape index (κ2) is 16.6. The van der Waals surface area contributed by atoms with E-state index in [2.05, 4.69) is 10.6 Å². The molecule has 0 heterocycles. The van der Waals surface area contributed by atoms with E-state index in [9.17, 15) is 33.6 Å². The molecule has 0 aliphatic carbocycles. The number of benzene rings is 2. The van der Waals surface area contributed by atoms with Crippen molar-refractivity contribution in [2.75, 3.05) is 13.7 Å². The molecule has 0 saturated carbocycles. The maximum absolute atomic E-state index is 12.5. The van der Waals surface area contributed by atoms with Gasteiger partial charge in [-0.1, -0.05) is 12.1 Å². The number of carbonyl (C=O) groups is 7. The van der Waals surface area contributed by atoms with Crippen LogP contribution in [0.15, 0.2) is 48.6 Å². The summed E-state index contributed by atoms with van der Waals surface area (Å²) >= 11 is 0.